The highest BCUT2D eigenvalue weighted by Gasteiger charge is 2.22. The molecule has 2 aromatic carbocycles. The number of anilines is 2. The first-order valence-electron chi connectivity index (χ1n) is 9.89. The minimum Gasteiger partial charge on any atom is -0.449 e. The predicted octanol–water partition coefficient (Wildman–Crippen LogP) is 1.68. The number of tetrazole rings is 1. The summed E-state index contributed by atoms with van der Waals surface area (Å²) < 4.78 is 12.1. The van der Waals surface area contributed by atoms with Crippen LogP contribution in [0.15, 0.2) is 54.9 Å². The molecule has 1 N–H and O–H groups in total. The molecule has 0 spiro atoms. The van der Waals surface area contributed by atoms with Crippen molar-refractivity contribution in [1.29, 1.82) is 0 Å². The number of hydrogen-bond donors (Lipinski definition) is 1. The number of nitrogens with zero attached hydrogens (tertiary/aromatic N) is 5. The first kappa shape index (κ1) is 20.5. The third kappa shape index (κ3) is 4.86. The zero-order chi connectivity index (χ0) is 21.6. The molecule has 10 heteroatoms. The van der Waals surface area contributed by atoms with E-state index in [1.165, 1.54) is 17.9 Å². The minimum atomic E-state index is -0.992. The van der Waals surface area contributed by atoms with Gasteiger partial charge in [-0.3, -0.25) is 4.79 Å². The predicted molar refractivity (Wildman–Crippen MR) is 112 cm³/mol. The highest BCUT2D eigenvalue weighted by atomic mass is 16.5. The van der Waals surface area contributed by atoms with Gasteiger partial charge in [0.2, 0.25) is 0 Å². The summed E-state index contributed by atoms with van der Waals surface area (Å²) in [5.74, 6) is -1.07. The smallest absolute Gasteiger partial charge is 0.341 e. The third-order valence-electron chi connectivity index (χ3n) is 4.88. The number of nitrogens with one attached hydrogen (secondary N) is 1. The van der Waals surface area contributed by atoms with Crippen LogP contribution in [0, 0.1) is 0 Å². The molecule has 0 aliphatic carbocycles. The van der Waals surface area contributed by atoms with Crippen molar-refractivity contribution >= 4 is 23.3 Å². The van der Waals surface area contributed by atoms with E-state index in [-0.39, 0.29) is 5.56 Å². The molecule has 31 heavy (non-hydrogen) atoms. The van der Waals surface area contributed by atoms with Crippen molar-refractivity contribution in [3.05, 3.63) is 60.4 Å². The monoisotopic (exact) mass is 422 g/mol. The summed E-state index contributed by atoms with van der Waals surface area (Å²) in [5, 5.41) is 13.7. The van der Waals surface area contributed by atoms with Gasteiger partial charge in [0.25, 0.3) is 5.91 Å². The topological polar surface area (TPSA) is 111 Å². The van der Waals surface area contributed by atoms with Crippen molar-refractivity contribution in [2.75, 3.05) is 36.5 Å². The second-order valence-corrected chi connectivity index (χ2v) is 6.95. The van der Waals surface area contributed by atoms with Crippen molar-refractivity contribution < 1.29 is 19.1 Å². The van der Waals surface area contributed by atoms with Gasteiger partial charge in [-0.2, -0.15) is 4.68 Å². The third-order valence-corrected chi connectivity index (χ3v) is 4.88. The van der Waals surface area contributed by atoms with Crippen molar-refractivity contribution in [1.82, 2.24) is 20.2 Å². The number of para-hydroxylation sites is 1. The first-order chi connectivity index (χ1) is 15.1. The maximum absolute atomic E-state index is 12.6. The fourth-order valence-corrected chi connectivity index (χ4v) is 3.22. The number of amides is 1. The summed E-state index contributed by atoms with van der Waals surface area (Å²) in [6.45, 7) is 4.61. The lowest BCUT2D eigenvalue weighted by Gasteiger charge is -2.28. The van der Waals surface area contributed by atoms with Crippen molar-refractivity contribution in [2.45, 2.75) is 13.0 Å². The largest absolute Gasteiger partial charge is 0.449 e. The average Bonchev–Trinajstić information content (AvgIpc) is 3.35. The Bertz CT molecular complexity index is 1030. The lowest BCUT2D eigenvalue weighted by atomic mass is 10.2. The first-order valence-corrected chi connectivity index (χ1v) is 9.89. The molecule has 1 fully saturated rings. The highest BCUT2D eigenvalue weighted by Crippen LogP contribution is 2.20. The summed E-state index contributed by atoms with van der Waals surface area (Å²) in [6.07, 6.45) is 0.386. The van der Waals surface area contributed by atoms with Gasteiger partial charge in [-0.1, -0.05) is 12.1 Å². The molecule has 0 unspecified atom stereocenters. The zero-order valence-corrected chi connectivity index (χ0v) is 17.0. The SMILES string of the molecule is C[C@@H](OC(=O)c1ccccc1-n1cnnn1)C(=O)Nc1ccc(N2CCOCC2)cc1. The Labute approximate surface area is 178 Å². The van der Waals surface area contributed by atoms with E-state index in [4.69, 9.17) is 9.47 Å². The Hall–Kier alpha value is -3.79. The van der Waals surface area contributed by atoms with Crippen LogP contribution in [0.4, 0.5) is 11.4 Å². The fourth-order valence-electron chi connectivity index (χ4n) is 3.22. The highest BCUT2D eigenvalue weighted by molar-refractivity contribution is 5.98. The van der Waals surface area contributed by atoms with Gasteiger partial charge < -0.3 is 19.7 Å². The van der Waals surface area contributed by atoms with Crippen LogP contribution in [0.5, 0.6) is 0 Å². The summed E-state index contributed by atoms with van der Waals surface area (Å²) in [5.41, 5.74) is 2.41. The molecule has 2 heterocycles. The number of rotatable bonds is 6. The minimum absolute atomic E-state index is 0.254. The van der Waals surface area contributed by atoms with Gasteiger partial charge in [0.15, 0.2) is 6.10 Å². The van der Waals surface area contributed by atoms with E-state index in [2.05, 4.69) is 25.7 Å². The van der Waals surface area contributed by atoms with Crippen LogP contribution in [0.2, 0.25) is 0 Å². The maximum Gasteiger partial charge on any atom is 0.341 e. The van der Waals surface area contributed by atoms with Gasteiger partial charge in [-0.05, 0) is 53.7 Å². The van der Waals surface area contributed by atoms with Crippen molar-refractivity contribution in [3.63, 3.8) is 0 Å². The van der Waals surface area contributed by atoms with Crippen LogP contribution in [0.25, 0.3) is 5.69 Å². The molecule has 3 aromatic rings. The molecule has 1 atom stereocenters. The Kier molecular flexibility index (Phi) is 6.18. The fraction of sp³-hybridized carbons (Fsp3) is 0.286. The van der Waals surface area contributed by atoms with Crippen LogP contribution in [0.1, 0.15) is 17.3 Å². The second-order valence-electron chi connectivity index (χ2n) is 6.95. The van der Waals surface area contributed by atoms with Gasteiger partial charge in [0, 0.05) is 24.5 Å². The summed E-state index contributed by atoms with van der Waals surface area (Å²) in [4.78, 5) is 27.4. The number of esters is 1. The quantitative estimate of drug-likeness (QED) is 0.598. The normalized spacial score (nSPS) is 14.7. The molecule has 1 saturated heterocycles. The van der Waals surface area contributed by atoms with E-state index in [0.717, 1.165) is 18.8 Å². The Morgan fingerprint density at radius 3 is 2.55 bits per heavy atom. The number of carbonyl (C=O) groups is 2. The molecule has 4 rings (SSSR count). The molecule has 0 saturated carbocycles. The molecule has 1 aromatic heterocycles. The van der Waals surface area contributed by atoms with E-state index < -0.39 is 18.0 Å². The lowest BCUT2D eigenvalue weighted by molar-refractivity contribution is -0.123. The zero-order valence-electron chi connectivity index (χ0n) is 17.0. The summed E-state index contributed by atoms with van der Waals surface area (Å²) in [7, 11) is 0. The number of ether oxygens (including phenoxy) is 2. The number of aromatic nitrogens is 4. The van der Waals surface area contributed by atoms with Crippen LogP contribution < -0.4 is 10.2 Å². The Morgan fingerprint density at radius 1 is 1.10 bits per heavy atom. The molecule has 1 amide bonds. The molecular formula is C21H22N6O4. The molecule has 10 nitrogen and oxygen atoms in total. The van der Waals surface area contributed by atoms with Crippen molar-refractivity contribution in [3.8, 4) is 5.69 Å². The molecule has 160 valence electrons. The number of morpholine rings is 1. The summed E-state index contributed by atoms with van der Waals surface area (Å²) >= 11 is 0. The van der Waals surface area contributed by atoms with Crippen LogP contribution in [-0.4, -0.2) is 64.5 Å². The molecule has 1 aliphatic rings. The second kappa shape index (κ2) is 9.35. The number of hydrogen-bond acceptors (Lipinski definition) is 8. The van der Waals surface area contributed by atoms with E-state index in [1.807, 2.05) is 24.3 Å². The van der Waals surface area contributed by atoms with Gasteiger partial charge in [0.05, 0.1) is 24.5 Å². The standard InChI is InChI=1S/C21H22N6O4/c1-15(31-21(29)18-4-2-3-5-19(18)27-14-22-24-25-27)20(28)23-16-6-8-17(9-7-16)26-10-12-30-13-11-26/h2-9,14-15H,10-13H2,1H3,(H,23,28)/t15-/m1/s1. The molecule has 0 bridgehead atoms. The van der Waals surface area contributed by atoms with Crippen LogP contribution in [-0.2, 0) is 14.3 Å². The van der Waals surface area contributed by atoms with Gasteiger partial charge in [-0.15, -0.1) is 5.10 Å². The van der Waals surface area contributed by atoms with E-state index in [1.54, 1.807) is 24.3 Å². The van der Waals surface area contributed by atoms with Crippen LogP contribution >= 0.6 is 0 Å². The van der Waals surface area contributed by atoms with Crippen LogP contribution in [0.3, 0.4) is 0 Å². The molecule has 0 radical (unpaired) electrons. The van der Waals surface area contributed by atoms with E-state index in [0.29, 0.717) is 24.6 Å². The summed E-state index contributed by atoms with van der Waals surface area (Å²) in [6, 6.07) is 14.3. The molecular weight excluding hydrogens is 400 g/mol. The number of benzene rings is 2. The van der Waals surface area contributed by atoms with E-state index >= 15 is 0 Å². The van der Waals surface area contributed by atoms with Gasteiger partial charge in [0.1, 0.15) is 6.33 Å². The lowest BCUT2D eigenvalue weighted by Crippen LogP contribution is -2.36. The number of carbonyl (C=O) groups excluding carboxylic acids is 2. The van der Waals surface area contributed by atoms with Gasteiger partial charge >= 0.3 is 5.97 Å². The Morgan fingerprint density at radius 2 is 1.84 bits per heavy atom. The maximum atomic E-state index is 12.6. The van der Waals surface area contributed by atoms with Gasteiger partial charge in [-0.25, -0.2) is 4.79 Å². The molecule has 1 aliphatic heterocycles. The Balaban J connectivity index is 1.37. The van der Waals surface area contributed by atoms with Crippen molar-refractivity contribution in [2.24, 2.45) is 0 Å². The average molecular weight is 422 g/mol. The van der Waals surface area contributed by atoms with E-state index in [9.17, 15) is 9.59 Å².